The van der Waals surface area contributed by atoms with Crippen LogP contribution in [0.2, 0.25) is 0 Å². The smallest absolute Gasteiger partial charge is 0.233 e. The van der Waals surface area contributed by atoms with Gasteiger partial charge in [-0.3, -0.25) is 4.79 Å². The van der Waals surface area contributed by atoms with Crippen LogP contribution in [-0.2, 0) is 11.3 Å². The van der Waals surface area contributed by atoms with E-state index in [2.05, 4.69) is 20.8 Å². The number of para-hydroxylation sites is 1. The Morgan fingerprint density at radius 2 is 1.88 bits per heavy atom. The van der Waals surface area contributed by atoms with Gasteiger partial charge in [0.25, 0.3) is 0 Å². The zero-order chi connectivity index (χ0) is 17.6. The minimum atomic E-state index is -0.308. The molecule has 1 aromatic heterocycles. The van der Waals surface area contributed by atoms with E-state index >= 15 is 0 Å². The van der Waals surface area contributed by atoms with Crippen LogP contribution in [0.15, 0.2) is 59.8 Å². The predicted octanol–water partition coefficient (Wildman–Crippen LogP) is 2.77. The lowest BCUT2D eigenvalue weighted by Crippen LogP contribution is -2.30. The zero-order valence-corrected chi connectivity index (χ0v) is 14.9. The lowest BCUT2D eigenvalue weighted by Gasteiger charge is -2.12. The fourth-order valence-corrected chi connectivity index (χ4v) is 3.17. The third-order valence-electron chi connectivity index (χ3n) is 3.75. The van der Waals surface area contributed by atoms with Gasteiger partial charge < -0.3 is 5.32 Å². The molecule has 0 radical (unpaired) electrons. The van der Waals surface area contributed by atoms with E-state index in [1.807, 2.05) is 68.4 Å². The third kappa shape index (κ3) is 4.24. The summed E-state index contributed by atoms with van der Waals surface area (Å²) in [6.07, 6.45) is 0. The van der Waals surface area contributed by atoms with E-state index < -0.39 is 0 Å². The first-order valence-corrected chi connectivity index (χ1v) is 8.86. The number of carbonyl (C=O) groups excluding carboxylic acids is 1. The van der Waals surface area contributed by atoms with Gasteiger partial charge in [-0.2, -0.15) is 4.68 Å². The van der Waals surface area contributed by atoms with Gasteiger partial charge in [0.1, 0.15) is 0 Å². The minimum absolute atomic E-state index is 0.0480. The van der Waals surface area contributed by atoms with Crippen molar-refractivity contribution in [2.45, 2.75) is 30.8 Å². The number of carbonyl (C=O) groups is 1. The zero-order valence-electron chi connectivity index (χ0n) is 14.1. The number of hydrogen-bond donors (Lipinski definition) is 1. The van der Waals surface area contributed by atoms with Crippen molar-refractivity contribution in [3.63, 3.8) is 0 Å². The van der Waals surface area contributed by atoms with Crippen molar-refractivity contribution in [3.8, 4) is 5.69 Å². The van der Waals surface area contributed by atoms with Crippen molar-refractivity contribution in [1.82, 2.24) is 25.5 Å². The quantitative estimate of drug-likeness (QED) is 0.690. The Labute approximate surface area is 150 Å². The number of rotatable bonds is 6. The summed E-state index contributed by atoms with van der Waals surface area (Å²) in [7, 11) is 0. The molecule has 7 heteroatoms. The molecule has 0 fully saturated rings. The van der Waals surface area contributed by atoms with E-state index in [1.54, 1.807) is 4.68 Å². The van der Waals surface area contributed by atoms with Crippen molar-refractivity contribution in [3.05, 3.63) is 65.7 Å². The number of hydrogen-bond acceptors (Lipinski definition) is 5. The van der Waals surface area contributed by atoms with Gasteiger partial charge >= 0.3 is 0 Å². The molecule has 1 N–H and O–H groups in total. The lowest BCUT2D eigenvalue weighted by atomic mass is 10.2. The molecule has 0 aliphatic carbocycles. The van der Waals surface area contributed by atoms with Crippen LogP contribution in [0.25, 0.3) is 5.69 Å². The van der Waals surface area contributed by atoms with E-state index in [-0.39, 0.29) is 11.2 Å². The average molecular weight is 353 g/mol. The molecule has 128 valence electrons. The summed E-state index contributed by atoms with van der Waals surface area (Å²) in [5, 5.41) is 15.1. The van der Waals surface area contributed by atoms with Crippen LogP contribution in [0.5, 0.6) is 0 Å². The Morgan fingerprint density at radius 3 is 2.64 bits per heavy atom. The molecule has 3 rings (SSSR count). The second-order valence-electron chi connectivity index (χ2n) is 5.62. The van der Waals surface area contributed by atoms with Crippen LogP contribution < -0.4 is 5.32 Å². The second-order valence-corrected chi connectivity index (χ2v) is 6.93. The topological polar surface area (TPSA) is 72.7 Å². The fourth-order valence-electron chi connectivity index (χ4n) is 2.35. The monoisotopic (exact) mass is 353 g/mol. The Balaban J connectivity index is 1.65. The number of benzene rings is 2. The highest BCUT2D eigenvalue weighted by atomic mass is 32.2. The lowest BCUT2D eigenvalue weighted by molar-refractivity contribution is -0.120. The normalized spacial score (nSPS) is 11.9. The summed E-state index contributed by atoms with van der Waals surface area (Å²) in [5.41, 5.74) is 3.04. The summed E-state index contributed by atoms with van der Waals surface area (Å²) in [6, 6.07) is 17.7. The summed E-state index contributed by atoms with van der Waals surface area (Å²) in [4.78, 5) is 12.3. The van der Waals surface area contributed by atoms with E-state index in [1.165, 1.54) is 11.8 Å². The molecule has 2 aromatic carbocycles. The van der Waals surface area contributed by atoms with Crippen LogP contribution >= 0.6 is 11.8 Å². The molecule has 25 heavy (non-hydrogen) atoms. The molecular formula is C18H19N5OS. The average Bonchev–Trinajstić information content (AvgIpc) is 3.08. The maximum absolute atomic E-state index is 12.3. The first kappa shape index (κ1) is 17.2. The fraction of sp³-hybridized carbons (Fsp3) is 0.222. The van der Waals surface area contributed by atoms with E-state index in [0.717, 1.165) is 16.8 Å². The molecule has 1 heterocycles. The Bertz CT molecular complexity index is 849. The van der Waals surface area contributed by atoms with Gasteiger partial charge in [0.15, 0.2) is 0 Å². The van der Waals surface area contributed by atoms with E-state index in [9.17, 15) is 4.79 Å². The molecule has 0 saturated carbocycles. The van der Waals surface area contributed by atoms with Crippen molar-refractivity contribution < 1.29 is 4.79 Å². The SMILES string of the molecule is Cc1ccccc1-n1nnnc1S[C@H](C)C(=O)NCc1ccccc1. The van der Waals surface area contributed by atoms with Crippen molar-refractivity contribution >= 4 is 17.7 Å². The van der Waals surface area contributed by atoms with Gasteiger partial charge in [0.05, 0.1) is 10.9 Å². The molecule has 6 nitrogen and oxygen atoms in total. The van der Waals surface area contributed by atoms with E-state index in [0.29, 0.717) is 11.7 Å². The van der Waals surface area contributed by atoms with Crippen LogP contribution in [0.1, 0.15) is 18.1 Å². The number of aryl methyl sites for hydroxylation is 1. The third-order valence-corrected chi connectivity index (χ3v) is 4.78. The highest BCUT2D eigenvalue weighted by Crippen LogP contribution is 2.24. The van der Waals surface area contributed by atoms with Gasteiger partial charge in [-0.15, -0.1) is 5.10 Å². The summed E-state index contributed by atoms with van der Waals surface area (Å²) >= 11 is 1.34. The van der Waals surface area contributed by atoms with Crippen LogP contribution in [0, 0.1) is 6.92 Å². The summed E-state index contributed by atoms with van der Waals surface area (Å²) in [5.74, 6) is -0.0480. The number of nitrogens with zero attached hydrogens (tertiary/aromatic N) is 4. The number of aromatic nitrogens is 4. The molecule has 3 aromatic rings. The van der Waals surface area contributed by atoms with Gasteiger partial charge in [0, 0.05) is 6.54 Å². The maximum atomic E-state index is 12.3. The first-order chi connectivity index (χ1) is 12.1. The number of thioether (sulfide) groups is 1. The van der Waals surface area contributed by atoms with Gasteiger partial charge in [0.2, 0.25) is 11.1 Å². The Morgan fingerprint density at radius 1 is 1.16 bits per heavy atom. The minimum Gasteiger partial charge on any atom is -0.351 e. The number of tetrazole rings is 1. The van der Waals surface area contributed by atoms with Crippen molar-refractivity contribution in [1.29, 1.82) is 0 Å². The highest BCUT2D eigenvalue weighted by molar-refractivity contribution is 8.00. The molecule has 1 amide bonds. The van der Waals surface area contributed by atoms with Gasteiger partial charge in [-0.05, 0) is 41.5 Å². The molecule has 0 bridgehead atoms. The highest BCUT2D eigenvalue weighted by Gasteiger charge is 2.19. The molecule has 0 spiro atoms. The standard InChI is InChI=1S/C18H19N5OS/c1-13-8-6-7-11-16(13)23-18(20-21-22-23)25-14(2)17(24)19-12-15-9-4-3-5-10-15/h3-11,14H,12H2,1-2H3,(H,19,24)/t14-/m1/s1. The summed E-state index contributed by atoms with van der Waals surface area (Å²) in [6.45, 7) is 4.36. The Kier molecular flexibility index (Phi) is 5.45. The number of nitrogens with one attached hydrogen (secondary N) is 1. The molecule has 1 atom stereocenters. The van der Waals surface area contributed by atoms with Crippen molar-refractivity contribution in [2.75, 3.05) is 0 Å². The predicted molar refractivity (Wildman–Crippen MR) is 97.5 cm³/mol. The van der Waals surface area contributed by atoms with E-state index in [4.69, 9.17) is 0 Å². The molecule has 0 saturated heterocycles. The van der Waals surface area contributed by atoms with Crippen LogP contribution in [0.3, 0.4) is 0 Å². The summed E-state index contributed by atoms with van der Waals surface area (Å²) < 4.78 is 1.67. The van der Waals surface area contributed by atoms with Gasteiger partial charge in [-0.25, -0.2) is 0 Å². The van der Waals surface area contributed by atoms with Crippen molar-refractivity contribution in [2.24, 2.45) is 0 Å². The molecule has 0 unspecified atom stereocenters. The Hall–Kier alpha value is -2.67. The maximum Gasteiger partial charge on any atom is 0.233 e. The molecular weight excluding hydrogens is 334 g/mol. The largest absolute Gasteiger partial charge is 0.351 e. The first-order valence-electron chi connectivity index (χ1n) is 7.98. The van der Waals surface area contributed by atoms with Crippen LogP contribution in [0.4, 0.5) is 0 Å². The van der Waals surface area contributed by atoms with Gasteiger partial charge in [-0.1, -0.05) is 60.3 Å². The van der Waals surface area contributed by atoms with Crippen LogP contribution in [-0.4, -0.2) is 31.4 Å². The molecule has 0 aliphatic rings. The second kappa shape index (κ2) is 7.94. The number of amides is 1. The molecule has 0 aliphatic heterocycles.